The molecular weight excluding hydrogens is 324 g/mol. The standard InChI is InChI=1S/C18H14N2O5/c19-16(21)9-2-1-3-11-15(9)18(17(22)20-11)8-25-12-7-14-13(6-10(12)18)23-4-5-24-14/h1-3,6-7H,4-5,8H2,(H2,19,21)(H,20,22). The number of nitrogens with one attached hydrogen (secondary N) is 1. The Morgan fingerprint density at radius 1 is 1.08 bits per heavy atom. The monoisotopic (exact) mass is 338 g/mol. The molecule has 0 saturated heterocycles. The Labute approximate surface area is 142 Å². The van der Waals surface area contributed by atoms with E-state index in [1.54, 1.807) is 30.3 Å². The van der Waals surface area contributed by atoms with E-state index in [2.05, 4.69) is 5.32 Å². The van der Waals surface area contributed by atoms with Gasteiger partial charge < -0.3 is 25.3 Å². The van der Waals surface area contributed by atoms with Gasteiger partial charge >= 0.3 is 0 Å². The second kappa shape index (κ2) is 4.66. The second-order valence-corrected chi connectivity index (χ2v) is 6.23. The highest BCUT2D eigenvalue weighted by atomic mass is 16.6. The summed E-state index contributed by atoms with van der Waals surface area (Å²) in [5.74, 6) is 0.869. The first-order valence-corrected chi connectivity index (χ1v) is 7.93. The van der Waals surface area contributed by atoms with E-state index in [0.717, 1.165) is 0 Å². The van der Waals surface area contributed by atoms with Crippen molar-refractivity contribution in [1.82, 2.24) is 0 Å². The lowest BCUT2D eigenvalue weighted by Crippen LogP contribution is -2.38. The molecule has 0 aliphatic carbocycles. The predicted octanol–water partition coefficient (Wildman–Crippen LogP) is 1.19. The molecule has 2 aromatic carbocycles. The van der Waals surface area contributed by atoms with E-state index >= 15 is 0 Å². The summed E-state index contributed by atoms with van der Waals surface area (Å²) in [7, 11) is 0. The van der Waals surface area contributed by atoms with Crippen LogP contribution in [0.15, 0.2) is 30.3 Å². The van der Waals surface area contributed by atoms with Crippen molar-refractivity contribution in [2.75, 3.05) is 25.1 Å². The van der Waals surface area contributed by atoms with Crippen molar-refractivity contribution in [1.29, 1.82) is 0 Å². The third-order valence-corrected chi connectivity index (χ3v) is 4.94. The molecule has 2 amide bonds. The Balaban J connectivity index is 1.79. The number of amides is 2. The number of anilines is 1. The van der Waals surface area contributed by atoms with E-state index in [9.17, 15) is 9.59 Å². The summed E-state index contributed by atoms with van der Waals surface area (Å²) in [4.78, 5) is 24.9. The van der Waals surface area contributed by atoms with Crippen LogP contribution in [0.5, 0.6) is 17.2 Å². The van der Waals surface area contributed by atoms with Crippen molar-refractivity contribution in [2.24, 2.45) is 5.73 Å². The maximum Gasteiger partial charge on any atom is 0.249 e. The minimum Gasteiger partial charge on any atom is -0.491 e. The van der Waals surface area contributed by atoms with Gasteiger partial charge in [-0.25, -0.2) is 0 Å². The van der Waals surface area contributed by atoms with Crippen LogP contribution in [0.3, 0.4) is 0 Å². The Morgan fingerprint density at radius 3 is 2.60 bits per heavy atom. The molecule has 7 nitrogen and oxygen atoms in total. The summed E-state index contributed by atoms with van der Waals surface area (Å²) in [5, 5.41) is 2.85. The van der Waals surface area contributed by atoms with Crippen LogP contribution in [0.4, 0.5) is 5.69 Å². The average Bonchev–Trinajstić information content (AvgIpc) is 3.12. The first-order chi connectivity index (χ1) is 12.1. The van der Waals surface area contributed by atoms with Crippen LogP contribution in [-0.2, 0) is 10.2 Å². The molecule has 1 atom stereocenters. The molecule has 25 heavy (non-hydrogen) atoms. The van der Waals surface area contributed by atoms with E-state index in [-0.39, 0.29) is 12.5 Å². The van der Waals surface area contributed by atoms with Crippen molar-refractivity contribution in [3.63, 3.8) is 0 Å². The number of carbonyl (C=O) groups excluding carboxylic acids is 2. The van der Waals surface area contributed by atoms with Crippen molar-refractivity contribution in [2.45, 2.75) is 5.41 Å². The van der Waals surface area contributed by atoms with Crippen LogP contribution < -0.4 is 25.3 Å². The number of benzene rings is 2. The molecule has 3 aliphatic heterocycles. The van der Waals surface area contributed by atoms with Crippen molar-refractivity contribution in [3.05, 3.63) is 47.0 Å². The smallest absolute Gasteiger partial charge is 0.249 e. The molecule has 5 rings (SSSR count). The topological polar surface area (TPSA) is 99.9 Å². The first-order valence-electron chi connectivity index (χ1n) is 7.93. The molecule has 0 saturated carbocycles. The van der Waals surface area contributed by atoms with Gasteiger partial charge in [0.15, 0.2) is 11.5 Å². The van der Waals surface area contributed by atoms with E-state index in [4.69, 9.17) is 19.9 Å². The number of carbonyl (C=O) groups is 2. The van der Waals surface area contributed by atoms with Crippen LogP contribution in [-0.4, -0.2) is 31.6 Å². The molecule has 126 valence electrons. The van der Waals surface area contributed by atoms with Gasteiger partial charge in [0.25, 0.3) is 0 Å². The normalized spacial score (nSPS) is 22.2. The molecule has 0 aromatic heterocycles. The van der Waals surface area contributed by atoms with Crippen LogP contribution in [0.2, 0.25) is 0 Å². The van der Waals surface area contributed by atoms with Gasteiger partial charge in [-0.15, -0.1) is 0 Å². The number of nitrogens with two attached hydrogens (primary N) is 1. The molecule has 7 heteroatoms. The van der Waals surface area contributed by atoms with E-state index in [1.807, 2.05) is 0 Å². The number of fused-ring (bicyclic) bond motifs is 5. The van der Waals surface area contributed by atoms with Gasteiger partial charge in [-0.2, -0.15) is 0 Å². The summed E-state index contributed by atoms with van der Waals surface area (Å²) in [6.45, 7) is 0.995. The minimum absolute atomic E-state index is 0.0916. The molecule has 1 unspecified atom stereocenters. The summed E-state index contributed by atoms with van der Waals surface area (Å²) in [5.41, 5.74) is 6.53. The summed E-state index contributed by atoms with van der Waals surface area (Å²) in [6.07, 6.45) is 0. The molecule has 3 heterocycles. The van der Waals surface area contributed by atoms with Crippen LogP contribution in [0.1, 0.15) is 21.5 Å². The maximum absolute atomic E-state index is 12.9. The summed E-state index contributed by atoms with van der Waals surface area (Å²) in [6, 6.07) is 8.57. The zero-order chi connectivity index (χ0) is 17.2. The lowest BCUT2D eigenvalue weighted by molar-refractivity contribution is -0.119. The van der Waals surface area contributed by atoms with Crippen LogP contribution >= 0.6 is 0 Å². The molecular formula is C18H14N2O5. The molecule has 0 bridgehead atoms. The molecule has 1 spiro atoms. The van der Waals surface area contributed by atoms with Crippen molar-refractivity contribution < 1.29 is 23.8 Å². The number of hydrogen-bond acceptors (Lipinski definition) is 5. The second-order valence-electron chi connectivity index (χ2n) is 6.23. The fraction of sp³-hybridized carbons (Fsp3) is 0.222. The minimum atomic E-state index is -1.12. The predicted molar refractivity (Wildman–Crippen MR) is 87.3 cm³/mol. The third-order valence-electron chi connectivity index (χ3n) is 4.94. The zero-order valence-electron chi connectivity index (χ0n) is 13.1. The number of rotatable bonds is 1. The fourth-order valence-electron chi connectivity index (χ4n) is 3.85. The van der Waals surface area contributed by atoms with E-state index in [1.165, 1.54) is 0 Å². The molecule has 0 radical (unpaired) electrons. The summed E-state index contributed by atoms with van der Waals surface area (Å²) < 4.78 is 17.0. The van der Waals surface area contributed by atoms with Gasteiger partial charge in [0.2, 0.25) is 11.8 Å². The van der Waals surface area contributed by atoms with Gasteiger partial charge in [0, 0.05) is 28.4 Å². The molecule has 3 N–H and O–H groups in total. The maximum atomic E-state index is 12.9. The zero-order valence-corrected chi connectivity index (χ0v) is 13.1. The number of hydrogen-bond donors (Lipinski definition) is 2. The molecule has 2 aromatic rings. The Kier molecular flexibility index (Phi) is 2.64. The van der Waals surface area contributed by atoms with Gasteiger partial charge in [0.05, 0.1) is 0 Å². The average molecular weight is 338 g/mol. The third kappa shape index (κ3) is 1.69. The number of primary amides is 1. The SMILES string of the molecule is NC(=O)c1cccc2c1C1(COc3cc4c(cc31)OCCO4)C(=O)N2. The van der Waals surface area contributed by atoms with Gasteiger partial charge in [-0.05, 0) is 18.2 Å². The Bertz CT molecular complexity index is 955. The lowest BCUT2D eigenvalue weighted by atomic mass is 9.75. The van der Waals surface area contributed by atoms with E-state index < -0.39 is 11.3 Å². The summed E-state index contributed by atoms with van der Waals surface area (Å²) >= 11 is 0. The number of ether oxygens (including phenoxy) is 3. The van der Waals surface area contributed by atoms with Crippen molar-refractivity contribution in [3.8, 4) is 17.2 Å². The van der Waals surface area contributed by atoms with E-state index in [0.29, 0.717) is 52.8 Å². The van der Waals surface area contributed by atoms with Crippen molar-refractivity contribution >= 4 is 17.5 Å². The highest BCUT2D eigenvalue weighted by Crippen LogP contribution is 2.53. The van der Waals surface area contributed by atoms with Gasteiger partial charge in [0.1, 0.15) is 31.0 Å². The van der Waals surface area contributed by atoms with Crippen LogP contribution in [0, 0.1) is 0 Å². The first kappa shape index (κ1) is 14.2. The van der Waals surface area contributed by atoms with Crippen LogP contribution in [0.25, 0.3) is 0 Å². The lowest BCUT2D eigenvalue weighted by Gasteiger charge is -2.24. The quantitative estimate of drug-likeness (QED) is 0.813. The fourth-order valence-corrected chi connectivity index (χ4v) is 3.85. The molecule has 3 aliphatic rings. The van der Waals surface area contributed by atoms with Gasteiger partial charge in [-0.3, -0.25) is 9.59 Å². The highest BCUT2D eigenvalue weighted by Gasteiger charge is 2.56. The largest absolute Gasteiger partial charge is 0.491 e. The highest BCUT2D eigenvalue weighted by molar-refractivity contribution is 6.13. The van der Waals surface area contributed by atoms with Gasteiger partial charge in [-0.1, -0.05) is 6.07 Å². The Morgan fingerprint density at radius 2 is 1.84 bits per heavy atom. The molecule has 0 fully saturated rings. The Hall–Kier alpha value is -3.22.